The summed E-state index contributed by atoms with van der Waals surface area (Å²) in [4.78, 5) is 46.4. The quantitative estimate of drug-likeness (QED) is 0.227. The summed E-state index contributed by atoms with van der Waals surface area (Å²) < 4.78 is 0. The fourth-order valence-corrected chi connectivity index (χ4v) is 5.53. The molecule has 1 amide bonds. The predicted octanol–water partition coefficient (Wildman–Crippen LogP) is 0.185. The Bertz CT molecular complexity index is 1250. The van der Waals surface area contributed by atoms with Gasteiger partial charge in [0.25, 0.3) is 5.91 Å². The monoisotopic (exact) mass is 484 g/mol. The summed E-state index contributed by atoms with van der Waals surface area (Å²) in [6.07, 6.45) is 1.77. The average molecular weight is 485 g/mol. The van der Waals surface area contributed by atoms with Crippen LogP contribution in [0, 0.1) is 11.8 Å². The highest BCUT2D eigenvalue weighted by Crippen LogP contribution is 2.53. The van der Waals surface area contributed by atoms with Crippen LogP contribution in [0.4, 0.5) is 5.69 Å². The van der Waals surface area contributed by atoms with Crippen molar-refractivity contribution >= 4 is 35.3 Å². The molecule has 1 saturated carbocycles. The predicted molar refractivity (Wildman–Crippen MR) is 126 cm³/mol. The Balaban J connectivity index is 1.96. The number of amides is 1. The van der Waals surface area contributed by atoms with Gasteiger partial charge in [0.1, 0.15) is 22.8 Å². The van der Waals surface area contributed by atoms with Crippen LogP contribution in [0.3, 0.4) is 0 Å². The Hall–Kier alpha value is -3.70. The normalized spacial score (nSPS) is 28.3. The number of benzene rings is 1. The SMILES string of the molecule is CN(C)C=Nc1ccc(O)c2c1C[C@@H]1C[C@@H]3[C@@H](N(C)C)C(=O)C(C(N)=O)=C(O)[C@]3(O)C(=O)C1=C2O. The molecule has 4 atom stereocenters. The zero-order chi connectivity index (χ0) is 26.0. The molecule has 0 spiro atoms. The number of carbonyl (C=O) groups is 3. The zero-order valence-corrected chi connectivity index (χ0v) is 19.8. The van der Waals surface area contributed by atoms with Gasteiger partial charge in [0.05, 0.1) is 23.6 Å². The number of aliphatic hydroxyl groups is 3. The second-order valence-corrected chi connectivity index (χ2v) is 9.63. The highest BCUT2D eigenvalue weighted by molar-refractivity contribution is 6.24. The lowest BCUT2D eigenvalue weighted by Crippen LogP contribution is -2.65. The third-order valence-electron chi connectivity index (χ3n) is 7.01. The lowest BCUT2D eigenvalue weighted by molar-refractivity contribution is -0.153. The van der Waals surface area contributed by atoms with Gasteiger partial charge in [-0.25, -0.2) is 4.99 Å². The Morgan fingerprint density at radius 3 is 2.40 bits per heavy atom. The van der Waals surface area contributed by atoms with Crippen molar-refractivity contribution in [1.29, 1.82) is 0 Å². The van der Waals surface area contributed by atoms with Crippen molar-refractivity contribution in [3.63, 3.8) is 0 Å². The minimum atomic E-state index is -2.65. The van der Waals surface area contributed by atoms with Crippen molar-refractivity contribution in [2.45, 2.75) is 24.5 Å². The van der Waals surface area contributed by atoms with Crippen LogP contribution >= 0.6 is 0 Å². The standard InChI is InChI=1S/C24H28N4O7/c1-27(2)9-26-13-5-6-14(29)16-11(13)7-10-8-12-18(28(3)4)20(31)17(23(25)34)22(33)24(12,35)21(32)15(10)19(16)30/h5-6,9-10,12,18,29-30,33,35H,7-8H2,1-4H3,(H2,25,34)/t10-,12-,18-,24-/m1/s1. The fraction of sp³-hybridized carbons (Fsp3) is 0.417. The molecule has 35 heavy (non-hydrogen) atoms. The Labute approximate surface area is 201 Å². The first kappa shape index (κ1) is 24.4. The van der Waals surface area contributed by atoms with E-state index in [4.69, 9.17) is 5.73 Å². The maximum Gasteiger partial charge on any atom is 0.255 e. The van der Waals surface area contributed by atoms with Gasteiger partial charge in [-0.05, 0) is 50.6 Å². The number of aromatic hydroxyl groups is 1. The zero-order valence-electron chi connectivity index (χ0n) is 19.8. The first-order valence-corrected chi connectivity index (χ1v) is 11.0. The highest BCUT2D eigenvalue weighted by Gasteiger charge is 2.64. The summed E-state index contributed by atoms with van der Waals surface area (Å²) in [5.74, 6) is -6.79. The van der Waals surface area contributed by atoms with Gasteiger partial charge >= 0.3 is 0 Å². The van der Waals surface area contributed by atoms with E-state index in [2.05, 4.69) is 4.99 Å². The van der Waals surface area contributed by atoms with Crippen LogP contribution in [-0.2, 0) is 20.8 Å². The van der Waals surface area contributed by atoms with Crippen molar-refractivity contribution < 1.29 is 34.8 Å². The molecule has 186 valence electrons. The Kier molecular flexibility index (Phi) is 5.73. The van der Waals surface area contributed by atoms with Crippen LogP contribution in [0.5, 0.6) is 5.75 Å². The highest BCUT2D eigenvalue weighted by atomic mass is 16.3. The summed E-state index contributed by atoms with van der Waals surface area (Å²) in [5, 5.41) is 44.1. The van der Waals surface area contributed by atoms with Gasteiger partial charge in [0, 0.05) is 25.6 Å². The van der Waals surface area contributed by atoms with Crippen LogP contribution in [0.1, 0.15) is 17.5 Å². The number of fused-ring (bicyclic) bond motifs is 3. The van der Waals surface area contributed by atoms with E-state index < -0.39 is 58.0 Å². The maximum atomic E-state index is 13.7. The van der Waals surface area contributed by atoms with E-state index in [0.717, 1.165) is 0 Å². The second-order valence-electron chi connectivity index (χ2n) is 9.63. The largest absolute Gasteiger partial charge is 0.508 e. The van der Waals surface area contributed by atoms with Crippen molar-refractivity contribution in [1.82, 2.24) is 9.80 Å². The molecule has 0 unspecified atom stereocenters. The second kappa shape index (κ2) is 8.21. The minimum Gasteiger partial charge on any atom is -0.508 e. The van der Waals surface area contributed by atoms with E-state index in [1.54, 1.807) is 45.5 Å². The summed E-state index contributed by atoms with van der Waals surface area (Å²) in [6, 6.07) is 1.81. The first-order chi connectivity index (χ1) is 16.3. The molecule has 0 aromatic heterocycles. The number of nitrogens with two attached hydrogens (primary N) is 1. The molecule has 1 fully saturated rings. The lowest BCUT2D eigenvalue weighted by Gasteiger charge is -2.50. The van der Waals surface area contributed by atoms with Crippen molar-refractivity contribution in [3.8, 4) is 5.75 Å². The number of aliphatic hydroxyl groups excluding tert-OH is 2. The molecule has 1 aromatic carbocycles. The van der Waals surface area contributed by atoms with E-state index >= 15 is 0 Å². The number of likely N-dealkylation sites (N-methyl/N-ethyl adjacent to an activating group) is 1. The van der Waals surface area contributed by atoms with Crippen LogP contribution in [0.2, 0.25) is 0 Å². The van der Waals surface area contributed by atoms with Gasteiger partial charge in [-0.2, -0.15) is 0 Å². The van der Waals surface area contributed by atoms with Gasteiger partial charge in [-0.3, -0.25) is 19.3 Å². The molecule has 3 aliphatic carbocycles. The average Bonchev–Trinajstić information content (AvgIpc) is 2.75. The van der Waals surface area contributed by atoms with Gasteiger partial charge in [0.15, 0.2) is 11.4 Å². The number of Topliss-reactive ketones (excluding diaryl/α,β-unsaturated/α-hetero) is 2. The van der Waals surface area contributed by atoms with E-state index in [1.165, 1.54) is 11.0 Å². The molecule has 0 aliphatic heterocycles. The molecule has 0 saturated heterocycles. The summed E-state index contributed by atoms with van der Waals surface area (Å²) in [7, 11) is 6.68. The van der Waals surface area contributed by atoms with Crippen LogP contribution in [0.25, 0.3) is 5.76 Å². The van der Waals surface area contributed by atoms with Gasteiger partial charge < -0.3 is 31.1 Å². The van der Waals surface area contributed by atoms with E-state index in [0.29, 0.717) is 11.3 Å². The molecule has 1 aromatic rings. The molecule has 0 bridgehead atoms. The number of aliphatic imine (C=N–C) groups is 1. The summed E-state index contributed by atoms with van der Waals surface area (Å²) >= 11 is 0. The Morgan fingerprint density at radius 2 is 1.83 bits per heavy atom. The van der Waals surface area contributed by atoms with E-state index in [1.807, 2.05) is 0 Å². The number of hydrogen-bond acceptors (Lipinski definition) is 9. The number of rotatable bonds is 4. The number of primary amides is 1. The molecule has 11 nitrogen and oxygen atoms in total. The van der Waals surface area contributed by atoms with Crippen molar-refractivity contribution in [2.24, 2.45) is 22.6 Å². The lowest BCUT2D eigenvalue weighted by atomic mass is 9.57. The fourth-order valence-electron chi connectivity index (χ4n) is 5.53. The van der Waals surface area contributed by atoms with Gasteiger partial charge in [-0.1, -0.05) is 0 Å². The molecular formula is C24H28N4O7. The van der Waals surface area contributed by atoms with Crippen molar-refractivity contribution in [3.05, 3.63) is 40.2 Å². The van der Waals surface area contributed by atoms with Crippen LogP contribution in [-0.4, -0.2) is 93.9 Å². The number of phenolic OH excluding ortho intramolecular Hbond substituents is 1. The molecule has 6 N–H and O–H groups in total. The first-order valence-electron chi connectivity index (χ1n) is 11.0. The summed E-state index contributed by atoms with van der Waals surface area (Å²) in [5.41, 5.74) is 2.63. The number of hydrogen-bond donors (Lipinski definition) is 5. The third-order valence-corrected chi connectivity index (χ3v) is 7.01. The Morgan fingerprint density at radius 1 is 1.17 bits per heavy atom. The van der Waals surface area contributed by atoms with E-state index in [-0.39, 0.29) is 29.7 Å². The van der Waals surface area contributed by atoms with Crippen LogP contribution in [0.15, 0.2) is 34.0 Å². The molecule has 11 heteroatoms. The number of nitrogens with zero attached hydrogens (tertiary/aromatic N) is 3. The number of phenols is 1. The molecule has 3 aliphatic rings. The van der Waals surface area contributed by atoms with Gasteiger partial charge in [-0.15, -0.1) is 0 Å². The molecule has 0 radical (unpaired) electrons. The van der Waals surface area contributed by atoms with Gasteiger partial charge in [0.2, 0.25) is 5.78 Å². The molecule has 4 rings (SSSR count). The maximum absolute atomic E-state index is 13.7. The topological polar surface area (TPSA) is 177 Å². The summed E-state index contributed by atoms with van der Waals surface area (Å²) in [6.45, 7) is 0. The van der Waals surface area contributed by atoms with Crippen molar-refractivity contribution in [2.75, 3.05) is 28.2 Å². The number of ketones is 2. The number of carbonyl (C=O) groups excluding carboxylic acids is 3. The molecule has 0 heterocycles. The van der Waals surface area contributed by atoms with Crippen LogP contribution < -0.4 is 5.73 Å². The molecular weight excluding hydrogens is 456 g/mol. The smallest absolute Gasteiger partial charge is 0.255 e. The third kappa shape index (κ3) is 3.41. The van der Waals surface area contributed by atoms with E-state index in [9.17, 15) is 34.8 Å². The minimum absolute atomic E-state index is 0.00898.